The summed E-state index contributed by atoms with van der Waals surface area (Å²) in [5.74, 6) is 1.59. The lowest BCUT2D eigenvalue weighted by molar-refractivity contribution is 0.782. The molecule has 0 unspecified atom stereocenters. The Labute approximate surface area is 146 Å². The number of hydrogen-bond donors (Lipinski definition) is 0. The van der Waals surface area contributed by atoms with Gasteiger partial charge >= 0.3 is 0 Å². The Morgan fingerprint density at radius 3 is 2.71 bits per heavy atom. The molecule has 4 aromatic rings. The van der Waals surface area contributed by atoms with E-state index >= 15 is 0 Å². The summed E-state index contributed by atoms with van der Waals surface area (Å²) in [6.45, 7) is 1.97. The summed E-state index contributed by atoms with van der Waals surface area (Å²) in [5.41, 5.74) is 2.04. The molecule has 1 aromatic carbocycles. The van der Waals surface area contributed by atoms with Crippen molar-refractivity contribution < 1.29 is 0 Å². The van der Waals surface area contributed by atoms with Gasteiger partial charge in [-0.3, -0.25) is 0 Å². The molecule has 3 aromatic heterocycles. The average Bonchev–Trinajstić information content (AvgIpc) is 3.11. The fourth-order valence-corrected chi connectivity index (χ4v) is 4.45. The normalized spacial score (nSPS) is 14.5. The van der Waals surface area contributed by atoms with Crippen molar-refractivity contribution >= 4 is 28.1 Å². The number of rotatable bonds is 4. The van der Waals surface area contributed by atoms with Crippen LogP contribution in [0, 0.1) is 6.92 Å². The maximum atomic E-state index is 4.77. The fraction of sp³-hybridized carbons (Fsp3) is 0.250. The Bertz CT molecular complexity index is 980. The van der Waals surface area contributed by atoms with Crippen molar-refractivity contribution in [3.8, 4) is 5.69 Å². The lowest BCUT2D eigenvalue weighted by Crippen LogP contribution is -2.01. The highest BCUT2D eigenvalue weighted by molar-refractivity contribution is 8.01. The van der Waals surface area contributed by atoms with E-state index in [-0.39, 0.29) is 0 Å². The highest BCUT2D eigenvalue weighted by Gasteiger charge is 2.30. The second kappa shape index (κ2) is 5.42. The summed E-state index contributed by atoms with van der Waals surface area (Å²) in [7, 11) is 0. The monoisotopic (exact) mass is 354 g/mol. The third-order valence-corrected chi connectivity index (χ3v) is 5.71. The molecule has 1 fully saturated rings. The van der Waals surface area contributed by atoms with Gasteiger partial charge in [0, 0.05) is 5.92 Å². The quantitative estimate of drug-likeness (QED) is 0.559. The maximum absolute atomic E-state index is 4.77. The summed E-state index contributed by atoms with van der Waals surface area (Å²) in [6.07, 6.45) is 4.32. The van der Waals surface area contributed by atoms with Crippen LogP contribution in [0.3, 0.4) is 0 Å². The van der Waals surface area contributed by atoms with Gasteiger partial charge in [-0.25, -0.2) is 19.2 Å². The average molecular weight is 354 g/mol. The maximum Gasteiger partial charge on any atom is 0.216 e. The molecular weight excluding hydrogens is 340 g/mol. The van der Waals surface area contributed by atoms with Crippen molar-refractivity contribution in [2.45, 2.75) is 35.2 Å². The minimum absolute atomic E-state index is 0.531. The van der Waals surface area contributed by atoms with Crippen molar-refractivity contribution in [1.29, 1.82) is 0 Å². The highest BCUT2D eigenvalue weighted by Crippen LogP contribution is 2.41. The molecule has 1 saturated carbocycles. The molecule has 0 saturated heterocycles. The summed E-state index contributed by atoms with van der Waals surface area (Å²) in [5, 5.41) is 10.0. The number of aryl methyl sites for hydroxylation is 1. The SMILES string of the molecule is Cc1cn2nc(Sc3nc(C4CC4)n(-c4ccccc4)n3)sc2n1. The Hall–Kier alpha value is -2.19. The van der Waals surface area contributed by atoms with Crippen molar-refractivity contribution in [2.24, 2.45) is 0 Å². The molecule has 1 aliphatic carbocycles. The van der Waals surface area contributed by atoms with Crippen LogP contribution in [0.4, 0.5) is 0 Å². The van der Waals surface area contributed by atoms with Crippen LogP contribution in [0.1, 0.15) is 30.3 Å². The molecule has 0 radical (unpaired) electrons. The van der Waals surface area contributed by atoms with E-state index in [1.807, 2.05) is 40.5 Å². The second-order valence-corrected chi connectivity index (χ2v) is 8.02. The smallest absolute Gasteiger partial charge is 0.216 e. The zero-order chi connectivity index (χ0) is 16.1. The Morgan fingerprint density at radius 1 is 1.12 bits per heavy atom. The molecule has 0 aliphatic heterocycles. The van der Waals surface area contributed by atoms with Crippen molar-refractivity contribution in [1.82, 2.24) is 29.4 Å². The molecule has 0 N–H and O–H groups in total. The molecular formula is C16H14N6S2. The molecule has 1 aliphatic rings. The first-order chi connectivity index (χ1) is 11.8. The summed E-state index contributed by atoms with van der Waals surface area (Å²) in [4.78, 5) is 10.1. The van der Waals surface area contributed by atoms with Gasteiger partial charge in [-0.1, -0.05) is 29.5 Å². The van der Waals surface area contributed by atoms with Crippen LogP contribution in [0.5, 0.6) is 0 Å². The lowest BCUT2D eigenvalue weighted by atomic mass is 10.3. The third-order valence-electron chi connectivity index (χ3n) is 3.88. The van der Waals surface area contributed by atoms with Gasteiger partial charge in [0.15, 0.2) is 4.34 Å². The zero-order valence-electron chi connectivity index (χ0n) is 13.0. The molecule has 6 nitrogen and oxygen atoms in total. The largest absolute Gasteiger partial charge is 0.223 e. The molecule has 0 amide bonds. The number of imidazole rings is 1. The number of benzene rings is 1. The molecule has 0 bridgehead atoms. The molecule has 3 heterocycles. The van der Waals surface area contributed by atoms with E-state index in [9.17, 15) is 0 Å². The summed E-state index contributed by atoms with van der Waals surface area (Å²) < 4.78 is 4.70. The highest BCUT2D eigenvalue weighted by atomic mass is 32.2. The van der Waals surface area contributed by atoms with Gasteiger partial charge in [0.25, 0.3) is 0 Å². The number of para-hydroxylation sites is 1. The van der Waals surface area contributed by atoms with Gasteiger partial charge in [0.2, 0.25) is 10.1 Å². The molecule has 5 rings (SSSR count). The van der Waals surface area contributed by atoms with E-state index in [1.54, 1.807) is 11.3 Å². The van der Waals surface area contributed by atoms with Gasteiger partial charge in [-0.05, 0) is 43.7 Å². The standard InChI is InChI=1S/C16H14N6S2/c1-10-9-21-15(17-10)24-16(20-21)23-14-18-13(11-7-8-11)22(19-14)12-5-3-2-4-6-12/h2-6,9,11H,7-8H2,1H3. The van der Waals surface area contributed by atoms with Crippen LogP contribution in [0.2, 0.25) is 0 Å². The van der Waals surface area contributed by atoms with Crippen LogP contribution in [0.25, 0.3) is 10.6 Å². The van der Waals surface area contributed by atoms with E-state index in [4.69, 9.17) is 10.1 Å². The minimum atomic E-state index is 0.531. The van der Waals surface area contributed by atoms with E-state index in [2.05, 4.69) is 22.2 Å². The molecule has 0 spiro atoms. The Kier molecular flexibility index (Phi) is 3.20. The number of aromatic nitrogens is 6. The van der Waals surface area contributed by atoms with Gasteiger partial charge in [-0.2, -0.15) is 0 Å². The van der Waals surface area contributed by atoms with E-state index in [0.29, 0.717) is 5.92 Å². The van der Waals surface area contributed by atoms with Crippen LogP contribution in [-0.2, 0) is 0 Å². The van der Waals surface area contributed by atoms with Crippen molar-refractivity contribution in [2.75, 3.05) is 0 Å². The molecule has 8 heteroatoms. The second-order valence-electron chi connectivity index (χ2n) is 5.85. The number of nitrogens with zero attached hydrogens (tertiary/aromatic N) is 6. The van der Waals surface area contributed by atoms with Gasteiger partial charge in [0.1, 0.15) is 5.82 Å². The Morgan fingerprint density at radius 2 is 1.96 bits per heavy atom. The number of hydrogen-bond acceptors (Lipinski definition) is 6. The lowest BCUT2D eigenvalue weighted by Gasteiger charge is -2.03. The Balaban J connectivity index is 1.50. The fourth-order valence-electron chi connectivity index (χ4n) is 2.62. The van der Waals surface area contributed by atoms with Crippen molar-refractivity contribution in [3.05, 3.63) is 48.0 Å². The first-order valence-electron chi connectivity index (χ1n) is 7.79. The zero-order valence-corrected chi connectivity index (χ0v) is 14.6. The number of fused-ring (bicyclic) bond motifs is 1. The predicted molar refractivity (Wildman–Crippen MR) is 93.1 cm³/mol. The van der Waals surface area contributed by atoms with E-state index < -0.39 is 0 Å². The first kappa shape index (κ1) is 14.2. The van der Waals surface area contributed by atoms with Gasteiger partial charge in [-0.15, -0.1) is 10.2 Å². The third kappa shape index (κ3) is 2.51. The van der Waals surface area contributed by atoms with Gasteiger partial charge < -0.3 is 0 Å². The molecule has 24 heavy (non-hydrogen) atoms. The topological polar surface area (TPSA) is 60.9 Å². The summed E-state index contributed by atoms with van der Waals surface area (Å²) >= 11 is 3.06. The van der Waals surface area contributed by atoms with Gasteiger partial charge in [0.05, 0.1) is 17.6 Å². The van der Waals surface area contributed by atoms with Crippen LogP contribution in [-0.4, -0.2) is 29.4 Å². The first-order valence-corrected chi connectivity index (χ1v) is 9.42. The minimum Gasteiger partial charge on any atom is -0.223 e. The van der Waals surface area contributed by atoms with Crippen LogP contribution >= 0.6 is 23.1 Å². The van der Waals surface area contributed by atoms with E-state index in [1.165, 1.54) is 24.6 Å². The van der Waals surface area contributed by atoms with Crippen molar-refractivity contribution in [3.63, 3.8) is 0 Å². The summed E-state index contributed by atoms with van der Waals surface area (Å²) in [6, 6.07) is 10.2. The predicted octanol–water partition coefficient (Wildman–Crippen LogP) is 3.71. The molecule has 0 atom stereocenters. The molecule has 120 valence electrons. The van der Waals surface area contributed by atoms with E-state index in [0.717, 1.165) is 31.7 Å². The van der Waals surface area contributed by atoms with Crippen LogP contribution in [0.15, 0.2) is 46.0 Å². The van der Waals surface area contributed by atoms with Crippen LogP contribution < -0.4 is 0 Å².